The van der Waals surface area contributed by atoms with Crippen LogP contribution in [0.3, 0.4) is 0 Å². The molecule has 1 aliphatic rings. The third-order valence-electron chi connectivity index (χ3n) is 8.37. The zero-order valence-corrected chi connectivity index (χ0v) is 25.7. The molecule has 2 N–H and O–H groups in total. The highest BCUT2D eigenvalue weighted by atomic mass is 32.2. The minimum atomic E-state index is -4.09. The summed E-state index contributed by atoms with van der Waals surface area (Å²) in [5, 5.41) is 1.72. The first-order chi connectivity index (χ1) is 21.8. The van der Waals surface area contributed by atoms with E-state index >= 15 is 0 Å². The lowest BCUT2D eigenvalue weighted by Crippen LogP contribution is -2.39. The predicted octanol–water partition coefficient (Wildman–Crippen LogP) is 7.46. The van der Waals surface area contributed by atoms with Crippen LogP contribution in [-0.2, 0) is 10.0 Å². The van der Waals surface area contributed by atoms with Gasteiger partial charge in [0.1, 0.15) is 22.7 Å². The number of piperidine rings is 1. The first-order valence-corrected chi connectivity index (χ1v) is 16.3. The van der Waals surface area contributed by atoms with Gasteiger partial charge in [-0.3, -0.25) is 9.52 Å². The number of anilines is 1. The van der Waals surface area contributed by atoms with Crippen molar-refractivity contribution in [2.75, 3.05) is 18.4 Å². The molecule has 45 heavy (non-hydrogen) atoms. The number of furan rings is 1. The van der Waals surface area contributed by atoms with E-state index in [1.165, 1.54) is 24.8 Å². The highest BCUT2D eigenvalue weighted by Crippen LogP contribution is 2.38. The van der Waals surface area contributed by atoms with E-state index in [1.807, 2.05) is 43.3 Å². The van der Waals surface area contributed by atoms with Gasteiger partial charge in [-0.05, 0) is 62.1 Å². The van der Waals surface area contributed by atoms with E-state index in [2.05, 4.69) is 26.8 Å². The molecule has 0 aliphatic carbocycles. The topological polar surface area (TPSA) is 118 Å². The Labute approximate surface area is 260 Å². The largest absolute Gasteiger partial charge is 0.495 e. The van der Waals surface area contributed by atoms with Gasteiger partial charge >= 0.3 is 0 Å². The molecule has 0 spiro atoms. The molecule has 9 nitrogen and oxygen atoms in total. The quantitative estimate of drug-likeness (QED) is 0.191. The summed E-state index contributed by atoms with van der Waals surface area (Å²) in [7, 11) is -2.60. The molecule has 0 radical (unpaired) electrons. The minimum absolute atomic E-state index is 0.0340. The number of aryl methyl sites for hydroxylation is 1. The molecule has 3 heterocycles. The number of hydrogen-bond donors (Lipinski definition) is 2. The standard InChI is InChI=1S/C35H32N4O5S/c1-22-13-15-23(16-14-22)29-21-36-34(37-29)30-11-5-6-17-39(30)35(40)24-8-7-9-25(18-24)45(41,42)38-28-20-32-27(19-33(28)43-2)26-10-3-4-12-31(26)44-32/h3-4,7-10,12-16,18-21,30,38H,5-6,11,17H2,1-2H3,(H,36,37). The molecule has 228 valence electrons. The van der Waals surface area contributed by atoms with Gasteiger partial charge in [-0.2, -0.15) is 0 Å². The van der Waals surface area contributed by atoms with Crippen LogP contribution in [0, 0.1) is 6.92 Å². The first-order valence-electron chi connectivity index (χ1n) is 14.9. The summed E-state index contributed by atoms with van der Waals surface area (Å²) in [5.41, 5.74) is 4.83. The molecule has 1 amide bonds. The molecular weight excluding hydrogens is 588 g/mol. The van der Waals surface area contributed by atoms with E-state index in [0.29, 0.717) is 23.5 Å². The van der Waals surface area contributed by atoms with Crippen molar-refractivity contribution in [2.24, 2.45) is 0 Å². The second-order valence-corrected chi connectivity index (χ2v) is 13.0. The minimum Gasteiger partial charge on any atom is -0.495 e. The second kappa shape index (κ2) is 11.4. The number of hydrogen-bond acceptors (Lipinski definition) is 6. The number of likely N-dealkylation sites (tertiary alicyclic amines) is 1. The number of benzene rings is 4. The van der Waals surface area contributed by atoms with Crippen LogP contribution in [-0.4, -0.2) is 42.8 Å². The molecule has 1 unspecified atom stereocenters. The Morgan fingerprint density at radius 2 is 1.80 bits per heavy atom. The maximum Gasteiger partial charge on any atom is 0.262 e. The van der Waals surface area contributed by atoms with E-state index in [1.54, 1.807) is 35.4 Å². The number of amides is 1. The highest BCUT2D eigenvalue weighted by molar-refractivity contribution is 7.92. The Morgan fingerprint density at radius 1 is 0.978 bits per heavy atom. The molecule has 1 atom stereocenters. The second-order valence-electron chi connectivity index (χ2n) is 11.3. The number of rotatable bonds is 7. The van der Waals surface area contributed by atoms with Gasteiger partial charge < -0.3 is 19.0 Å². The van der Waals surface area contributed by atoms with Crippen LogP contribution < -0.4 is 9.46 Å². The summed E-state index contributed by atoms with van der Waals surface area (Å²) in [6, 6.07) is 25.0. The molecule has 0 saturated carbocycles. The number of nitrogens with zero attached hydrogens (tertiary/aromatic N) is 2. The van der Waals surface area contributed by atoms with Crippen molar-refractivity contribution in [3.63, 3.8) is 0 Å². The van der Waals surface area contributed by atoms with Gasteiger partial charge in [0, 0.05) is 28.9 Å². The summed E-state index contributed by atoms with van der Waals surface area (Å²) in [6.45, 7) is 2.59. The number of carbonyl (C=O) groups excluding carboxylic acids is 1. The highest BCUT2D eigenvalue weighted by Gasteiger charge is 2.31. The van der Waals surface area contributed by atoms with Crippen molar-refractivity contribution in [1.82, 2.24) is 14.9 Å². The lowest BCUT2D eigenvalue weighted by atomic mass is 10.00. The Balaban J connectivity index is 1.16. The molecule has 10 heteroatoms. The Bertz CT molecular complexity index is 2150. The summed E-state index contributed by atoms with van der Waals surface area (Å²) >= 11 is 0. The number of H-pyrrole nitrogens is 1. The number of nitrogens with one attached hydrogen (secondary N) is 2. The molecule has 1 saturated heterocycles. The summed E-state index contributed by atoms with van der Waals surface area (Å²) < 4.78 is 41.4. The van der Waals surface area contributed by atoms with Gasteiger partial charge in [0.15, 0.2) is 0 Å². The Morgan fingerprint density at radius 3 is 2.62 bits per heavy atom. The normalized spacial score (nSPS) is 15.4. The van der Waals surface area contributed by atoms with E-state index in [9.17, 15) is 13.2 Å². The monoisotopic (exact) mass is 620 g/mol. The Kier molecular flexibility index (Phi) is 7.29. The van der Waals surface area contributed by atoms with E-state index in [0.717, 1.165) is 47.1 Å². The van der Waals surface area contributed by atoms with Gasteiger partial charge in [-0.1, -0.05) is 54.1 Å². The van der Waals surface area contributed by atoms with Gasteiger partial charge in [0.2, 0.25) is 0 Å². The molecule has 0 bridgehead atoms. The van der Waals surface area contributed by atoms with Crippen molar-refractivity contribution in [1.29, 1.82) is 0 Å². The van der Waals surface area contributed by atoms with E-state index in [-0.39, 0.29) is 28.1 Å². The maximum atomic E-state index is 13.9. The number of ether oxygens (including phenoxy) is 1. The Hall–Kier alpha value is -5.09. The average molecular weight is 621 g/mol. The average Bonchev–Trinajstić information content (AvgIpc) is 3.69. The van der Waals surface area contributed by atoms with Gasteiger partial charge in [0.25, 0.3) is 15.9 Å². The maximum absolute atomic E-state index is 13.9. The fourth-order valence-corrected chi connectivity index (χ4v) is 7.12. The predicted molar refractivity (Wildman–Crippen MR) is 174 cm³/mol. The van der Waals surface area contributed by atoms with Gasteiger partial charge in [-0.15, -0.1) is 0 Å². The van der Waals surface area contributed by atoms with Gasteiger partial charge in [-0.25, -0.2) is 13.4 Å². The molecular formula is C35H32N4O5S. The number of aromatic amines is 1. The zero-order valence-electron chi connectivity index (χ0n) is 24.9. The fourth-order valence-electron chi connectivity index (χ4n) is 6.01. The number of imidazole rings is 1. The number of fused-ring (bicyclic) bond motifs is 3. The van der Waals surface area contributed by atoms with Crippen LogP contribution in [0.1, 0.15) is 47.1 Å². The number of para-hydroxylation sites is 1. The zero-order chi connectivity index (χ0) is 31.1. The number of methoxy groups -OCH3 is 1. The molecule has 2 aromatic heterocycles. The SMILES string of the molecule is COc1cc2c(cc1NS(=O)(=O)c1cccc(C(=O)N3CCCCC3c3ncc(-c4ccc(C)cc4)[nH]3)c1)oc1ccccc12. The lowest BCUT2D eigenvalue weighted by molar-refractivity contribution is 0.0601. The van der Waals surface area contributed by atoms with Gasteiger partial charge in [0.05, 0.1) is 35.6 Å². The van der Waals surface area contributed by atoms with Crippen molar-refractivity contribution < 1.29 is 22.4 Å². The van der Waals surface area contributed by atoms with E-state index < -0.39 is 10.0 Å². The van der Waals surface area contributed by atoms with E-state index in [4.69, 9.17) is 9.15 Å². The lowest BCUT2D eigenvalue weighted by Gasteiger charge is -2.34. The molecule has 1 aliphatic heterocycles. The molecule has 4 aromatic carbocycles. The summed E-state index contributed by atoms with van der Waals surface area (Å²) in [5.74, 6) is 0.827. The first kappa shape index (κ1) is 28.7. The third kappa shape index (κ3) is 5.42. The van der Waals surface area contributed by atoms with Crippen LogP contribution in [0.2, 0.25) is 0 Å². The summed E-state index contributed by atoms with van der Waals surface area (Å²) in [4.78, 5) is 23.7. The molecule has 6 aromatic rings. The van der Waals surface area contributed by atoms with Crippen molar-refractivity contribution in [2.45, 2.75) is 37.1 Å². The number of carbonyl (C=O) groups is 1. The van der Waals surface area contributed by atoms with Crippen LogP contribution in [0.5, 0.6) is 5.75 Å². The van der Waals surface area contributed by atoms with Crippen LogP contribution in [0.25, 0.3) is 33.2 Å². The van der Waals surface area contributed by atoms with Crippen molar-refractivity contribution in [3.05, 3.63) is 108 Å². The molecule has 1 fully saturated rings. The fraction of sp³-hybridized carbons (Fsp3) is 0.200. The third-order valence-corrected chi connectivity index (χ3v) is 9.73. The van der Waals surface area contributed by atoms with Crippen molar-refractivity contribution in [3.8, 4) is 17.0 Å². The number of aromatic nitrogens is 2. The smallest absolute Gasteiger partial charge is 0.262 e. The van der Waals surface area contributed by atoms with Crippen LogP contribution in [0.15, 0.2) is 100 Å². The summed E-state index contributed by atoms with van der Waals surface area (Å²) in [6.07, 6.45) is 4.38. The number of sulfonamides is 1. The van der Waals surface area contributed by atoms with Crippen LogP contribution >= 0.6 is 0 Å². The van der Waals surface area contributed by atoms with Crippen molar-refractivity contribution >= 4 is 43.6 Å². The van der Waals surface area contributed by atoms with Crippen LogP contribution in [0.4, 0.5) is 5.69 Å². The molecule has 7 rings (SSSR count).